The standard InChI is InChI=1S/C13H23NO/c1-4-5-6-7-8-9-10-11-13(15)12(2)14-3/h5-10,12-15H,4,11H2,1-3H3/b6-5+,8-7+,10-9+. The Labute approximate surface area is 93.4 Å². The summed E-state index contributed by atoms with van der Waals surface area (Å²) in [7, 11) is 1.85. The normalized spacial score (nSPS) is 16.8. The van der Waals surface area contributed by atoms with Crippen LogP contribution in [0.15, 0.2) is 36.5 Å². The first-order valence-corrected chi connectivity index (χ1v) is 5.56. The van der Waals surface area contributed by atoms with Crippen LogP contribution < -0.4 is 5.32 Å². The van der Waals surface area contributed by atoms with Gasteiger partial charge in [-0.15, -0.1) is 0 Å². The number of rotatable bonds is 7. The molecule has 2 unspecified atom stereocenters. The lowest BCUT2D eigenvalue weighted by molar-refractivity contribution is 0.141. The topological polar surface area (TPSA) is 32.3 Å². The zero-order valence-electron chi connectivity index (χ0n) is 9.98. The van der Waals surface area contributed by atoms with Crippen LogP contribution in [0.25, 0.3) is 0 Å². The Morgan fingerprint density at radius 2 is 1.73 bits per heavy atom. The van der Waals surface area contributed by atoms with Gasteiger partial charge in [-0.3, -0.25) is 0 Å². The molecule has 2 heteroatoms. The Morgan fingerprint density at radius 1 is 1.13 bits per heavy atom. The predicted octanol–water partition coefficient (Wildman–Crippen LogP) is 2.42. The average Bonchev–Trinajstić information content (AvgIpc) is 2.26. The lowest BCUT2D eigenvalue weighted by atomic mass is 10.1. The van der Waals surface area contributed by atoms with Crippen molar-refractivity contribution in [1.29, 1.82) is 0 Å². The first kappa shape index (κ1) is 14.1. The molecule has 15 heavy (non-hydrogen) atoms. The van der Waals surface area contributed by atoms with Crippen LogP contribution in [0.5, 0.6) is 0 Å². The first-order valence-electron chi connectivity index (χ1n) is 5.56. The zero-order chi connectivity index (χ0) is 11.5. The average molecular weight is 209 g/mol. The van der Waals surface area contributed by atoms with Crippen LogP contribution in [0.3, 0.4) is 0 Å². The summed E-state index contributed by atoms with van der Waals surface area (Å²) in [5.74, 6) is 0. The highest BCUT2D eigenvalue weighted by molar-refractivity contribution is 5.11. The maximum Gasteiger partial charge on any atom is 0.0724 e. The van der Waals surface area contributed by atoms with Gasteiger partial charge in [-0.2, -0.15) is 0 Å². The highest BCUT2D eigenvalue weighted by Gasteiger charge is 2.08. The molecule has 2 atom stereocenters. The van der Waals surface area contributed by atoms with Gasteiger partial charge in [-0.05, 0) is 26.8 Å². The summed E-state index contributed by atoms with van der Waals surface area (Å²) in [6.45, 7) is 4.08. The van der Waals surface area contributed by atoms with Crippen molar-refractivity contribution in [2.24, 2.45) is 0 Å². The molecule has 0 heterocycles. The Kier molecular flexibility index (Phi) is 9.13. The molecule has 0 aromatic rings. The number of hydrogen-bond donors (Lipinski definition) is 2. The Bertz CT molecular complexity index is 219. The second-order valence-corrected chi connectivity index (χ2v) is 3.53. The largest absolute Gasteiger partial charge is 0.391 e. The molecule has 0 aliphatic rings. The minimum Gasteiger partial charge on any atom is -0.391 e. The van der Waals surface area contributed by atoms with Crippen molar-refractivity contribution in [3.05, 3.63) is 36.5 Å². The van der Waals surface area contributed by atoms with Crippen LogP contribution in [0.2, 0.25) is 0 Å². The predicted molar refractivity (Wildman–Crippen MR) is 66.9 cm³/mol. The van der Waals surface area contributed by atoms with Crippen LogP contribution in [0, 0.1) is 0 Å². The Balaban J connectivity index is 3.70. The third-order valence-electron chi connectivity index (χ3n) is 2.25. The summed E-state index contributed by atoms with van der Waals surface area (Å²) in [6.07, 6.45) is 13.5. The van der Waals surface area contributed by atoms with E-state index in [-0.39, 0.29) is 12.1 Å². The summed E-state index contributed by atoms with van der Waals surface area (Å²) >= 11 is 0. The molecule has 0 aliphatic carbocycles. The second kappa shape index (κ2) is 9.69. The SMILES string of the molecule is CC/C=C/C=C/C=C/CC(O)C(C)NC. The number of hydrogen-bond acceptors (Lipinski definition) is 2. The fraction of sp³-hybridized carbons (Fsp3) is 0.538. The molecule has 2 N–H and O–H groups in total. The molecular formula is C13H23NO. The van der Waals surface area contributed by atoms with Gasteiger partial charge in [0.2, 0.25) is 0 Å². The van der Waals surface area contributed by atoms with Crippen molar-refractivity contribution < 1.29 is 5.11 Å². The molecule has 0 saturated heterocycles. The third kappa shape index (κ3) is 8.16. The molecule has 86 valence electrons. The minimum absolute atomic E-state index is 0.138. The van der Waals surface area contributed by atoms with Crippen molar-refractivity contribution in [2.45, 2.75) is 38.8 Å². The van der Waals surface area contributed by atoms with Crippen molar-refractivity contribution >= 4 is 0 Å². The van der Waals surface area contributed by atoms with Gasteiger partial charge in [0.1, 0.15) is 0 Å². The van der Waals surface area contributed by atoms with E-state index < -0.39 is 0 Å². The van der Waals surface area contributed by atoms with E-state index in [1.165, 1.54) is 0 Å². The highest BCUT2D eigenvalue weighted by Crippen LogP contribution is 1.99. The van der Waals surface area contributed by atoms with E-state index in [2.05, 4.69) is 18.3 Å². The minimum atomic E-state index is -0.314. The number of likely N-dealkylation sites (N-methyl/N-ethyl adjacent to an activating group) is 1. The van der Waals surface area contributed by atoms with Crippen molar-refractivity contribution in [3.8, 4) is 0 Å². The maximum atomic E-state index is 9.61. The summed E-state index contributed by atoms with van der Waals surface area (Å²) in [6, 6.07) is 0.138. The summed E-state index contributed by atoms with van der Waals surface area (Å²) < 4.78 is 0. The van der Waals surface area contributed by atoms with Gasteiger partial charge in [0.05, 0.1) is 6.10 Å². The number of nitrogens with one attached hydrogen (secondary N) is 1. The molecule has 0 amide bonds. The lowest BCUT2D eigenvalue weighted by Gasteiger charge is -2.15. The first-order chi connectivity index (χ1) is 7.22. The van der Waals surface area contributed by atoms with Crippen LogP contribution in [0.4, 0.5) is 0 Å². The Hall–Kier alpha value is -0.860. The summed E-state index contributed by atoms with van der Waals surface area (Å²) in [5, 5.41) is 12.6. The number of aliphatic hydroxyl groups is 1. The van der Waals surface area contributed by atoms with E-state index >= 15 is 0 Å². The fourth-order valence-electron chi connectivity index (χ4n) is 1.04. The molecule has 2 nitrogen and oxygen atoms in total. The fourth-order valence-corrected chi connectivity index (χ4v) is 1.04. The van der Waals surface area contributed by atoms with E-state index in [1.807, 2.05) is 44.4 Å². The van der Waals surface area contributed by atoms with Gasteiger partial charge in [-0.25, -0.2) is 0 Å². The lowest BCUT2D eigenvalue weighted by Crippen LogP contribution is -2.34. The van der Waals surface area contributed by atoms with E-state index in [0.29, 0.717) is 6.42 Å². The molecule has 0 aliphatic heterocycles. The Morgan fingerprint density at radius 3 is 2.27 bits per heavy atom. The number of aliphatic hydroxyl groups excluding tert-OH is 1. The molecule has 0 bridgehead atoms. The quantitative estimate of drug-likeness (QED) is 0.631. The van der Waals surface area contributed by atoms with Crippen molar-refractivity contribution in [3.63, 3.8) is 0 Å². The van der Waals surface area contributed by atoms with Gasteiger partial charge < -0.3 is 10.4 Å². The summed E-state index contributed by atoms with van der Waals surface area (Å²) in [4.78, 5) is 0. The van der Waals surface area contributed by atoms with Crippen LogP contribution in [-0.2, 0) is 0 Å². The van der Waals surface area contributed by atoms with Crippen LogP contribution in [0.1, 0.15) is 26.7 Å². The van der Waals surface area contributed by atoms with E-state index in [4.69, 9.17) is 0 Å². The second-order valence-electron chi connectivity index (χ2n) is 3.53. The molecular weight excluding hydrogens is 186 g/mol. The van der Waals surface area contributed by atoms with Crippen LogP contribution in [-0.4, -0.2) is 24.3 Å². The van der Waals surface area contributed by atoms with E-state index in [9.17, 15) is 5.11 Å². The smallest absolute Gasteiger partial charge is 0.0724 e. The van der Waals surface area contributed by atoms with E-state index in [1.54, 1.807) is 0 Å². The number of allylic oxidation sites excluding steroid dienone is 5. The molecule has 0 radical (unpaired) electrons. The molecule has 0 fully saturated rings. The van der Waals surface area contributed by atoms with E-state index in [0.717, 1.165) is 6.42 Å². The summed E-state index contributed by atoms with van der Waals surface area (Å²) in [5.41, 5.74) is 0. The van der Waals surface area contributed by atoms with Gasteiger partial charge in [0.25, 0.3) is 0 Å². The van der Waals surface area contributed by atoms with Gasteiger partial charge in [0, 0.05) is 6.04 Å². The van der Waals surface area contributed by atoms with Crippen LogP contribution >= 0.6 is 0 Å². The molecule has 0 aromatic heterocycles. The van der Waals surface area contributed by atoms with Gasteiger partial charge in [-0.1, -0.05) is 43.4 Å². The third-order valence-corrected chi connectivity index (χ3v) is 2.25. The van der Waals surface area contributed by atoms with Crippen molar-refractivity contribution in [1.82, 2.24) is 5.32 Å². The monoisotopic (exact) mass is 209 g/mol. The molecule has 0 aromatic carbocycles. The van der Waals surface area contributed by atoms with Gasteiger partial charge in [0.15, 0.2) is 0 Å². The zero-order valence-corrected chi connectivity index (χ0v) is 9.98. The molecule has 0 spiro atoms. The highest BCUT2D eigenvalue weighted by atomic mass is 16.3. The molecule has 0 saturated carbocycles. The van der Waals surface area contributed by atoms with Crippen molar-refractivity contribution in [2.75, 3.05) is 7.05 Å². The maximum absolute atomic E-state index is 9.61. The molecule has 0 rings (SSSR count). The van der Waals surface area contributed by atoms with Gasteiger partial charge >= 0.3 is 0 Å².